The normalized spacial score (nSPS) is 10.0. The average molecular weight is 332 g/mol. The van der Waals surface area contributed by atoms with Crippen molar-refractivity contribution in [2.24, 2.45) is 0 Å². The Morgan fingerprint density at radius 1 is 1.16 bits per heavy atom. The maximum Gasteiger partial charge on any atom is 0.338 e. The first-order valence-electron chi connectivity index (χ1n) is 7.29. The third-order valence-electron chi connectivity index (χ3n) is 3.40. The molecule has 0 fully saturated rings. The van der Waals surface area contributed by atoms with Crippen molar-refractivity contribution in [3.63, 3.8) is 0 Å². The number of nitriles is 1. The lowest BCUT2D eigenvalue weighted by Gasteiger charge is -2.09. The summed E-state index contributed by atoms with van der Waals surface area (Å²) in [5, 5.41) is 18.2. The van der Waals surface area contributed by atoms with Gasteiger partial charge < -0.3 is 9.84 Å². The number of aromatic nitrogens is 3. The third-order valence-corrected chi connectivity index (χ3v) is 3.40. The zero-order valence-electron chi connectivity index (χ0n) is 13.0. The Kier molecular flexibility index (Phi) is 4.62. The highest BCUT2D eigenvalue weighted by atomic mass is 16.5. The van der Waals surface area contributed by atoms with Crippen LogP contribution >= 0.6 is 0 Å². The first kappa shape index (κ1) is 16.1. The van der Waals surface area contributed by atoms with E-state index in [0.29, 0.717) is 29.3 Å². The molecule has 0 aliphatic rings. The standard InChI is InChI=1S/C18H12N4O3/c19-8-14-7-13(17-21-9-15(10-22-17)18(23)24)1-2-16(14)25-11-12-3-5-20-6-4-12/h1-7,9-10H,11H2,(H,23,24). The van der Waals surface area contributed by atoms with Crippen LogP contribution < -0.4 is 4.74 Å². The maximum atomic E-state index is 10.8. The van der Waals surface area contributed by atoms with Gasteiger partial charge >= 0.3 is 5.97 Å². The van der Waals surface area contributed by atoms with Gasteiger partial charge in [-0.1, -0.05) is 0 Å². The van der Waals surface area contributed by atoms with Crippen molar-refractivity contribution in [3.8, 4) is 23.2 Å². The molecule has 3 rings (SSSR count). The second-order valence-electron chi connectivity index (χ2n) is 5.07. The van der Waals surface area contributed by atoms with Crippen LogP contribution in [0.15, 0.2) is 55.1 Å². The molecule has 0 spiro atoms. The molecule has 0 radical (unpaired) electrons. The van der Waals surface area contributed by atoms with Gasteiger partial charge in [-0.05, 0) is 35.9 Å². The molecule has 0 aliphatic carbocycles. The number of pyridine rings is 1. The molecule has 0 saturated carbocycles. The van der Waals surface area contributed by atoms with E-state index in [1.54, 1.807) is 30.6 Å². The number of carboxylic acid groups (broad SMARTS) is 1. The molecule has 7 heteroatoms. The van der Waals surface area contributed by atoms with Crippen LogP contribution in [-0.4, -0.2) is 26.0 Å². The van der Waals surface area contributed by atoms with Gasteiger partial charge in [-0.15, -0.1) is 0 Å². The van der Waals surface area contributed by atoms with Gasteiger partial charge in [0.1, 0.15) is 18.4 Å². The lowest BCUT2D eigenvalue weighted by Crippen LogP contribution is -2.00. The number of carboxylic acids is 1. The molecular weight excluding hydrogens is 320 g/mol. The topological polar surface area (TPSA) is 109 Å². The van der Waals surface area contributed by atoms with Crippen LogP contribution in [0.2, 0.25) is 0 Å². The summed E-state index contributed by atoms with van der Waals surface area (Å²) in [6.45, 7) is 0.320. The minimum Gasteiger partial charge on any atom is -0.488 e. The number of hydrogen-bond donors (Lipinski definition) is 1. The minimum absolute atomic E-state index is 0.00145. The zero-order valence-corrected chi connectivity index (χ0v) is 13.0. The van der Waals surface area contributed by atoms with E-state index in [1.807, 2.05) is 12.1 Å². The van der Waals surface area contributed by atoms with Crippen molar-refractivity contribution in [3.05, 3.63) is 71.8 Å². The Labute approximate surface area is 143 Å². The highest BCUT2D eigenvalue weighted by molar-refractivity contribution is 5.86. The van der Waals surface area contributed by atoms with E-state index < -0.39 is 5.97 Å². The van der Waals surface area contributed by atoms with E-state index in [9.17, 15) is 10.1 Å². The fourth-order valence-corrected chi connectivity index (χ4v) is 2.11. The largest absolute Gasteiger partial charge is 0.488 e. The van der Waals surface area contributed by atoms with E-state index >= 15 is 0 Å². The minimum atomic E-state index is -1.09. The Morgan fingerprint density at radius 2 is 1.88 bits per heavy atom. The van der Waals surface area contributed by atoms with Gasteiger partial charge in [0.05, 0.1) is 11.1 Å². The smallest absolute Gasteiger partial charge is 0.338 e. The summed E-state index contributed by atoms with van der Waals surface area (Å²) in [7, 11) is 0. The fraction of sp³-hybridized carbons (Fsp3) is 0.0556. The quantitative estimate of drug-likeness (QED) is 0.765. The first-order valence-corrected chi connectivity index (χ1v) is 7.29. The number of benzene rings is 1. The van der Waals surface area contributed by atoms with Crippen LogP contribution in [0.3, 0.4) is 0 Å². The van der Waals surface area contributed by atoms with Gasteiger partial charge in [-0.3, -0.25) is 4.98 Å². The van der Waals surface area contributed by atoms with Crippen molar-refractivity contribution in [1.29, 1.82) is 5.26 Å². The molecule has 0 amide bonds. The lowest BCUT2D eigenvalue weighted by molar-refractivity contribution is 0.0696. The number of nitrogens with zero attached hydrogens (tertiary/aromatic N) is 4. The highest BCUT2D eigenvalue weighted by Crippen LogP contribution is 2.25. The summed E-state index contributed by atoms with van der Waals surface area (Å²) in [5.74, 6) is -0.309. The fourth-order valence-electron chi connectivity index (χ4n) is 2.11. The molecule has 0 atom stereocenters. The van der Waals surface area contributed by atoms with Crippen molar-refractivity contribution in [1.82, 2.24) is 15.0 Å². The second kappa shape index (κ2) is 7.19. The van der Waals surface area contributed by atoms with Crippen molar-refractivity contribution < 1.29 is 14.6 Å². The van der Waals surface area contributed by atoms with Gasteiger partial charge in [0.15, 0.2) is 5.82 Å². The predicted molar refractivity (Wildman–Crippen MR) is 87.7 cm³/mol. The summed E-state index contributed by atoms with van der Waals surface area (Å²) in [5.41, 5.74) is 1.89. The molecule has 0 saturated heterocycles. The average Bonchev–Trinajstić information content (AvgIpc) is 2.67. The SMILES string of the molecule is N#Cc1cc(-c2ncc(C(=O)O)cn2)ccc1OCc1ccncc1. The monoisotopic (exact) mass is 332 g/mol. The summed E-state index contributed by atoms with van der Waals surface area (Å²) < 4.78 is 5.69. The highest BCUT2D eigenvalue weighted by Gasteiger charge is 2.10. The summed E-state index contributed by atoms with van der Waals surface area (Å²) in [4.78, 5) is 22.8. The third kappa shape index (κ3) is 3.76. The number of hydrogen-bond acceptors (Lipinski definition) is 6. The van der Waals surface area contributed by atoms with Gasteiger partial charge in [0.2, 0.25) is 0 Å². The van der Waals surface area contributed by atoms with E-state index in [1.165, 1.54) is 12.4 Å². The zero-order chi connectivity index (χ0) is 17.6. The van der Waals surface area contributed by atoms with Crippen LogP contribution in [0.4, 0.5) is 0 Å². The molecule has 122 valence electrons. The Bertz CT molecular complexity index is 935. The molecule has 25 heavy (non-hydrogen) atoms. The summed E-state index contributed by atoms with van der Waals surface area (Å²) >= 11 is 0. The summed E-state index contributed by atoms with van der Waals surface area (Å²) in [6, 6.07) is 10.7. The molecule has 2 heterocycles. The van der Waals surface area contributed by atoms with E-state index in [-0.39, 0.29) is 5.56 Å². The molecule has 0 unspecified atom stereocenters. The van der Waals surface area contributed by atoms with E-state index in [4.69, 9.17) is 9.84 Å². The predicted octanol–water partition coefficient (Wildman–Crippen LogP) is 2.69. The van der Waals surface area contributed by atoms with Gasteiger partial charge in [0.25, 0.3) is 0 Å². The van der Waals surface area contributed by atoms with Crippen LogP contribution in [0.25, 0.3) is 11.4 Å². The number of ether oxygens (including phenoxy) is 1. The van der Waals surface area contributed by atoms with E-state index in [2.05, 4.69) is 21.0 Å². The molecule has 7 nitrogen and oxygen atoms in total. The first-order chi connectivity index (χ1) is 12.2. The second-order valence-corrected chi connectivity index (χ2v) is 5.07. The van der Waals surface area contributed by atoms with Gasteiger partial charge in [-0.2, -0.15) is 5.26 Å². The van der Waals surface area contributed by atoms with Gasteiger partial charge in [-0.25, -0.2) is 14.8 Å². The van der Waals surface area contributed by atoms with E-state index in [0.717, 1.165) is 5.56 Å². The van der Waals surface area contributed by atoms with Crippen LogP contribution in [0.5, 0.6) is 5.75 Å². The maximum absolute atomic E-state index is 10.8. The van der Waals surface area contributed by atoms with Crippen molar-refractivity contribution >= 4 is 5.97 Å². The molecule has 0 bridgehead atoms. The Balaban J connectivity index is 1.82. The Morgan fingerprint density at radius 3 is 2.52 bits per heavy atom. The molecule has 0 aliphatic heterocycles. The molecular formula is C18H12N4O3. The van der Waals surface area contributed by atoms with Crippen LogP contribution in [0, 0.1) is 11.3 Å². The number of rotatable bonds is 5. The van der Waals surface area contributed by atoms with Crippen molar-refractivity contribution in [2.45, 2.75) is 6.61 Å². The number of carbonyl (C=O) groups is 1. The molecule has 2 aromatic heterocycles. The summed E-state index contributed by atoms with van der Waals surface area (Å²) in [6.07, 6.45) is 5.80. The molecule has 1 aromatic carbocycles. The van der Waals surface area contributed by atoms with Crippen LogP contribution in [0.1, 0.15) is 21.5 Å². The molecule has 3 aromatic rings. The Hall–Kier alpha value is -3.79. The van der Waals surface area contributed by atoms with Crippen LogP contribution in [-0.2, 0) is 6.61 Å². The van der Waals surface area contributed by atoms with Gasteiger partial charge in [0, 0.05) is 30.4 Å². The lowest BCUT2D eigenvalue weighted by atomic mass is 10.1. The molecule has 1 N–H and O–H groups in total. The van der Waals surface area contributed by atoms with Crippen molar-refractivity contribution in [2.75, 3.05) is 0 Å². The number of aromatic carboxylic acids is 1.